The van der Waals surface area contributed by atoms with E-state index in [1.165, 1.54) is 18.4 Å². The number of rotatable bonds is 6. The summed E-state index contributed by atoms with van der Waals surface area (Å²) in [5.41, 5.74) is -0.0989. The fourth-order valence-corrected chi connectivity index (χ4v) is 7.08. The molecule has 0 bridgehead atoms. The molecule has 4 atom stereocenters. The van der Waals surface area contributed by atoms with Gasteiger partial charge in [-0.15, -0.1) is 0 Å². The van der Waals surface area contributed by atoms with Crippen LogP contribution in [0.25, 0.3) is 0 Å². The van der Waals surface area contributed by atoms with Gasteiger partial charge in [0.1, 0.15) is 11.4 Å². The number of pyridine rings is 1. The van der Waals surface area contributed by atoms with Gasteiger partial charge in [0.2, 0.25) is 0 Å². The van der Waals surface area contributed by atoms with E-state index in [1.807, 2.05) is 30.3 Å². The van der Waals surface area contributed by atoms with Gasteiger partial charge in [-0.25, -0.2) is 4.79 Å². The van der Waals surface area contributed by atoms with Gasteiger partial charge in [-0.2, -0.15) is 0 Å². The van der Waals surface area contributed by atoms with Crippen LogP contribution in [0.5, 0.6) is 5.75 Å². The van der Waals surface area contributed by atoms with E-state index >= 15 is 0 Å². The summed E-state index contributed by atoms with van der Waals surface area (Å²) >= 11 is 0. The highest BCUT2D eigenvalue weighted by molar-refractivity contribution is 5.70. The van der Waals surface area contributed by atoms with Crippen LogP contribution in [0.2, 0.25) is 0 Å². The second kappa shape index (κ2) is 9.77. The van der Waals surface area contributed by atoms with Gasteiger partial charge in [-0.3, -0.25) is 4.98 Å². The summed E-state index contributed by atoms with van der Waals surface area (Å²) in [4.78, 5) is 19.1. The lowest BCUT2D eigenvalue weighted by Gasteiger charge is -2.58. The molecule has 5 rings (SSSR count). The Bertz CT molecular complexity index is 1090. The molecule has 1 amide bonds. The number of carbonyl (C=O) groups excluding carboxylic acids is 1. The molecule has 7 nitrogen and oxygen atoms in total. The average Bonchev–Trinajstić information content (AvgIpc) is 3.38. The summed E-state index contributed by atoms with van der Waals surface area (Å²) in [7, 11) is 0. The predicted octanol–water partition coefficient (Wildman–Crippen LogP) is 3.91. The van der Waals surface area contributed by atoms with E-state index in [-0.39, 0.29) is 11.3 Å². The zero-order valence-corrected chi connectivity index (χ0v) is 21.5. The highest BCUT2D eigenvalue weighted by Crippen LogP contribution is 2.59. The maximum atomic E-state index is 12.4. The molecule has 1 aromatic heterocycles. The molecule has 0 spiro atoms. The number of nitrogens with zero attached hydrogens (tertiary/aromatic N) is 2. The quantitative estimate of drug-likeness (QED) is 0.565. The monoisotopic (exact) mass is 493 g/mol. The number of aromatic nitrogens is 1. The second-order valence-corrected chi connectivity index (χ2v) is 11.2. The van der Waals surface area contributed by atoms with Gasteiger partial charge in [0.05, 0.1) is 11.3 Å². The molecular weight excluding hydrogens is 454 g/mol. The summed E-state index contributed by atoms with van der Waals surface area (Å²) < 4.78 is 5.61. The van der Waals surface area contributed by atoms with Gasteiger partial charge in [-0.05, 0) is 106 Å². The Morgan fingerprint density at radius 3 is 2.75 bits per heavy atom. The van der Waals surface area contributed by atoms with Crippen LogP contribution >= 0.6 is 0 Å². The van der Waals surface area contributed by atoms with Gasteiger partial charge >= 0.3 is 6.09 Å². The van der Waals surface area contributed by atoms with Crippen LogP contribution in [0, 0.1) is 5.92 Å². The Labute approximate surface area is 213 Å². The summed E-state index contributed by atoms with van der Waals surface area (Å²) in [6.45, 7) is 7.56. The lowest BCUT2D eigenvalue weighted by atomic mass is 9.49. The number of hydrogen-bond donors (Lipinski definition) is 3. The zero-order chi connectivity index (χ0) is 25.4. The molecule has 2 aromatic rings. The van der Waals surface area contributed by atoms with E-state index in [0.717, 1.165) is 44.5 Å². The Morgan fingerprint density at radius 2 is 2.03 bits per heavy atom. The van der Waals surface area contributed by atoms with Gasteiger partial charge in [0.25, 0.3) is 0 Å². The number of fused-ring (bicyclic) bond motifs is 3. The van der Waals surface area contributed by atoms with E-state index in [9.17, 15) is 15.0 Å². The number of amides is 1. The van der Waals surface area contributed by atoms with Crippen molar-refractivity contribution in [3.63, 3.8) is 0 Å². The minimum absolute atomic E-state index is 0.211. The largest absolute Gasteiger partial charge is 0.412 e. The Hall–Kier alpha value is -2.48. The first-order valence-electron chi connectivity index (χ1n) is 13.5. The molecule has 3 aliphatic rings. The summed E-state index contributed by atoms with van der Waals surface area (Å²) in [5.74, 6) is 0.757. The van der Waals surface area contributed by atoms with Crippen molar-refractivity contribution in [3.05, 3.63) is 59.4 Å². The SMILES string of the molecule is CC[C@@]12C[C@@](C)(O)[C@](O)(c3ccccn3)C[C@H]1CCc1cc(OC(=O)NCCN3CCCC3)ccc12. The third-order valence-electron chi connectivity index (χ3n) is 9.08. The number of aliphatic hydroxyl groups is 2. The zero-order valence-electron chi connectivity index (χ0n) is 21.5. The number of nitrogens with one attached hydrogen (secondary N) is 1. The Morgan fingerprint density at radius 1 is 1.22 bits per heavy atom. The summed E-state index contributed by atoms with van der Waals surface area (Å²) in [6.07, 6.45) is 7.22. The van der Waals surface area contributed by atoms with Crippen LogP contribution in [0.1, 0.15) is 69.2 Å². The van der Waals surface area contributed by atoms with Gasteiger partial charge in [-0.1, -0.05) is 19.1 Å². The maximum Gasteiger partial charge on any atom is 0.412 e. The van der Waals surface area contributed by atoms with Crippen molar-refractivity contribution < 1.29 is 19.7 Å². The van der Waals surface area contributed by atoms with Crippen LogP contribution in [0.4, 0.5) is 4.79 Å². The van der Waals surface area contributed by atoms with E-state index in [1.54, 1.807) is 13.1 Å². The first-order valence-corrected chi connectivity index (χ1v) is 13.5. The van der Waals surface area contributed by atoms with Crippen LogP contribution in [-0.4, -0.2) is 58.0 Å². The molecule has 2 heterocycles. The maximum absolute atomic E-state index is 12.4. The van der Waals surface area contributed by atoms with Crippen molar-refractivity contribution in [2.24, 2.45) is 5.92 Å². The average molecular weight is 494 g/mol. The molecular formula is C29H39N3O4. The molecule has 194 valence electrons. The van der Waals surface area contributed by atoms with Crippen molar-refractivity contribution >= 4 is 6.09 Å². The fraction of sp³-hybridized carbons (Fsp3) is 0.586. The molecule has 0 radical (unpaired) electrons. The third-order valence-corrected chi connectivity index (χ3v) is 9.08. The third kappa shape index (κ3) is 4.42. The van der Waals surface area contributed by atoms with Gasteiger partial charge in [0.15, 0.2) is 0 Å². The predicted molar refractivity (Wildman–Crippen MR) is 138 cm³/mol. The number of hydrogen-bond acceptors (Lipinski definition) is 6. The lowest BCUT2D eigenvalue weighted by molar-refractivity contribution is -0.207. The Kier molecular flexibility index (Phi) is 6.83. The van der Waals surface area contributed by atoms with Crippen LogP contribution in [0.3, 0.4) is 0 Å². The number of likely N-dealkylation sites (tertiary alicyclic amines) is 1. The van der Waals surface area contributed by atoms with Crippen LogP contribution < -0.4 is 10.1 Å². The van der Waals surface area contributed by atoms with Gasteiger partial charge < -0.3 is 25.2 Å². The molecule has 1 aliphatic heterocycles. The smallest absolute Gasteiger partial charge is 0.410 e. The standard InChI is InChI=1S/C29H39N3O4/c1-3-28-20-27(2,34)29(35,25-8-4-5-13-30-25)19-22(28)10-9-21-18-23(11-12-24(21)28)36-26(33)31-14-17-32-15-6-7-16-32/h4-5,8,11-13,18,22,34-35H,3,6-7,9-10,14-17,19-20H2,1-2H3,(H,31,33)/t22-,27-,28-,29-/m1/s1. The molecule has 2 fully saturated rings. The van der Waals surface area contributed by atoms with E-state index in [4.69, 9.17) is 4.74 Å². The van der Waals surface area contributed by atoms with Crippen molar-refractivity contribution in [3.8, 4) is 5.75 Å². The van der Waals surface area contributed by atoms with E-state index in [2.05, 4.69) is 28.2 Å². The summed E-state index contributed by atoms with van der Waals surface area (Å²) in [5, 5.41) is 26.3. The van der Waals surface area contributed by atoms with E-state index in [0.29, 0.717) is 30.8 Å². The fourth-order valence-electron chi connectivity index (χ4n) is 7.08. The molecule has 2 aliphatic carbocycles. The van der Waals surface area contributed by atoms with E-state index < -0.39 is 17.3 Å². The van der Waals surface area contributed by atoms with Crippen LogP contribution in [0.15, 0.2) is 42.6 Å². The first-order chi connectivity index (χ1) is 17.3. The normalized spacial score (nSPS) is 31.9. The molecule has 1 saturated heterocycles. The number of aryl methyl sites for hydroxylation is 1. The molecule has 7 heteroatoms. The lowest BCUT2D eigenvalue weighted by Crippen LogP contribution is -2.62. The molecule has 3 N–H and O–H groups in total. The highest BCUT2D eigenvalue weighted by atomic mass is 16.6. The topological polar surface area (TPSA) is 94.9 Å². The molecule has 1 saturated carbocycles. The Balaban J connectivity index is 1.33. The minimum atomic E-state index is -1.40. The van der Waals surface area contributed by atoms with Crippen molar-refractivity contribution in [1.82, 2.24) is 15.2 Å². The number of ether oxygens (including phenoxy) is 1. The molecule has 1 aromatic carbocycles. The summed E-state index contributed by atoms with van der Waals surface area (Å²) in [6, 6.07) is 11.4. The van der Waals surface area contributed by atoms with Crippen LogP contribution in [-0.2, 0) is 17.4 Å². The first kappa shape index (κ1) is 25.2. The van der Waals surface area contributed by atoms with Gasteiger partial charge in [0, 0.05) is 24.7 Å². The minimum Gasteiger partial charge on any atom is -0.410 e. The molecule has 36 heavy (non-hydrogen) atoms. The molecule has 0 unspecified atom stereocenters. The van der Waals surface area contributed by atoms with Crippen molar-refractivity contribution in [1.29, 1.82) is 0 Å². The number of carbonyl (C=O) groups is 1. The highest BCUT2D eigenvalue weighted by Gasteiger charge is 2.61. The van der Waals surface area contributed by atoms with Crippen molar-refractivity contribution in [2.45, 2.75) is 75.4 Å². The van der Waals surface area contributed by atoms with Crippen molar-refractivity contribution in [2.75, 3.05) is 26.2 Å². The number of benzene rings is 1. The second-order valence-electron chi connectivity index (χ2n) is 11.2.